The molecule has 1 aliphatic heterocycles. The molecule has 1 aliphatic rings. The number of carboxylic acid groups (broad SMARTS) is 1. The van der Waals surface area contributed by atoms with E-state index in [0.29, 0.717) is 18.7 Å². The molecule has 10 heteroatoms. The number of aromatic nitrogens is 2. The molecule has 1 aromatic heterocycles. The first kappa shape index (κ1) is 24.0. The van der Waals surface area contributed by atoms with Crippen LogP contribution in [-0.2, 0) is 11.3 Å². The predicted molar refractivity (Wildman–Crippen MR) is 114 cm³/mol. The lowest BCUT2D eigenvalue weighted by molar-refractivity contribution is -0.124. The molecule has 2 heterocycles. The van der Waals surface area contributed by atoms with Gasteiger partial charge in [0.1, 0.15) is 6.04 Å². The lowest BCUT2D eigenvalue weighted by Crippen LogP contribution is -2.53. The van der Waals surface area contributed by atoms with Gasteiger partial charge in [-0.1, -0.05) is 41.5 Å². The first-order valence-corrected chi connectivity index (χ1v) is 10.3. The zero-order valence-electron chi connectivity index (χ0n) is 18.7. The number of rotatable bonds is 3. The van der Waals surface area contributed by atoms with Crippen LogP contribution >= 0.6 is 11.6 Å². The van der Waals surface area contributed by atoms with E-state index in [1.165, 1.54) is 11.9 Å². The van der Waals surface area contributed by atoms with Crippen molar-refractivity contribution in [1.82, 2.24) is 25.1 Å². The average Bonchev–Trinajstić information content (AvgIpc) is 2.79. The maximum absolute atomic E-state index is 13.2. The summed E-state index contributed by atoms with van der Waals surface area (Å²) in [5.74, 6) is -0.888. The van der Waals surface area contributed by atoms with Crippen LogP contribution in [0.1, 0.15) is 70.2 Å². The molecule has 1 aromatic rings. The number of nitrogens with one attached hydrogen (secondary N) is 2. The molecule has 0 fully saturated rings. The van der Waals surface area contributed by atoms with Crippen LogP contribution in [0.2, 0.25) is 5.28 Å². The average molecular weight is 442 g/mol. The standard InChI is InChI=1S/C20H32ClN5O4/c1-19(2,3)12-8-9-25(18(29)30)10-11-13(23-17(21)26(11)12)15(27)24-14(16(28)22-7)20(4,5)6/h12,14H,8-10H2,1-7H3,(H,22,28)(H,24,27)(H,29,30). The van der Waals surface area contributed by atoms with Crippen molar-refractivity contribution in [2.75, 3.05) is 13.6 Å². The van der Waals surface area contributed by atoms with Crippen molar-refractivity contribution in [2.45, 2.75) is 66.6 Å². The molecule has 0 radical (unpaired) electrons. The van der Waals surface area contributed by atoms with Crippen molar-refractivity contribution in [1.29, 1.82) is 0 Å². The Bertz CT molecular complexity index is 837. The lowest BCUT2D eigenvalue weighted by Gasteiger charge is -2.32. The van der Waals surface area contributed by atoms with Crippen molar-refractivity contribution in [3.63, 3.8) is 0 Å². The fraction of sp³-hybridized carbons (Fsp3) is 0.700. The van der Waals surface area contributed by atoms with Gasteiger partial charge >= 0.3 is 6.09 Å². The smallest absolute Gasteiger partial charge is 0.407 e. The summed E-state index contributed by atoms with van der Waals surface area (Å²) in [5.41, 5.74) is -0.309. The highest BCUT2D eigenvalue weighted by molar-refractivity contribution is 6.28. The van der Waals surface area contributed by atoms with E-state index < -0.39 is 23.5 Å². The monoisotopic (exact) mass is 441 g/mol. The van der Waals surface area contributed by atoms with Crippen LogP contribution in [0.25, 0.3) is 0 Å². The second-order valence-electron chi connectivity index (χ2n) is 9.81. The zero-order chi connectivity index (χ0) is 23.0. The Morgan fingerprint density at radius 2 is 1.80 bits per heavy atom. The van der Waals surface area contributed by atoms with E-state index in [1.54, 1.807) is 4.57 Å². The first-order chi connectivity index (χ1) is 13.7. The van der Waals surface area contributed by atoms with Gasteiger partial charge in [-0.2, -0.15) is 0 Å². The normalized spacial score (nSPS) is 18.3. The number of hydrogen-bond acceptors (Lipinski definition) is 4. The van der Waals surface area contributed by atoms with Gasteiger partial charge in [0.25, 0.3) is 5.91 Å². The van der Waals surface area contributed by atoms with Gasteiger partial charge in [0.15, 0.2) is 5.69 Å². The fourth-order valence-electron chi connectivity index (χ4n) is 3.76. The topological polar surface area (TPSA) is 117 Å². The Kier molecular flexibility index (Phi) is 6.76. The molecule has 0 spiro atoms. The van der Waals surface area contributed by atoms with Crippen molar-refractivity contribution < 1.29 is 19.5 Å². The van der Waals surface area contributed by atoms with Gasteiger partial charge in [0, 0.05) is 19.6 Å². The van der Waals surface area contributed by atoms with Gasteiger partial charge < -0.3 is 25.2 Å². The van der Waals surface area contributed by atoms with Crippen molar-refractivity contribution in [2.24, 2.45) is 10.8 Å². The minimum absolute atomic E-state index is 0.00938. The highest BCUT2D eigenvalue weighted by atomic mass is 35.5. The van der Waals surface area contributed by atoms with Crippen LogP contribution in [0.4, 0.5) is 4.79 Å². The predicted octanol–water partition coefficient (Wildman–Crippen LogP) is 2.90. The molecule has 30 heavy (non-hydrogen) atoms. The first-order valence-electron chi connectivity index (χ1n) is 9.95. The third-order valence-corrected chi connectivity index (χ3v) is 5.69. The minimum Gasteiger partial charge on any atom is -0.465 e. The molecule has 0 saturated heterocycles. The molecule has 168 valence electrons. The summed E-state index contributed by atoms with van der Waals surface area (Å²) in [6.45, 7) is 11.9. The second kappa shape index (κ2) is 8.45. The van der Waals surface area contributed by atoms with Crippen molar-refractivity contribution in [3.05, 3.63) is 16.7 Å². The third kappa shape index (κ3) is 4.88. The van der Waals surface area contributed by atoms with Gasteiger partial charge in [-0.15, -0.1) is 0 Å². The van der Waals surface area contributed by atoms with E-state index in [9.17, 15) is 19.5 Å². The Morgan fingerprint density at radius 3 is 2.27 bits per heavy atom. The number of imidazole rings is 1. The summed E-state index contributed by atoms with van der Waals surface area (Å²) < 4.78 is 1.77. The Labute approximate surface area is 182 Å². The van der Waals surface area contributed by atoms with Crippen LogP contribution in [0.15, 0.2) is 0 Å². The largest absolute Gasteiger partial charge is 0.465 e. The van der Waals surface area contributed by atoms with E-state index in [0.717, 1.165) is 0 Å². The molecule has 0 saturated carbocycles. The summed E-state index contributed by atoms with van der Waals surface area (Å²) in [6, 6.07) is -0.943. The van der Waals surface area contributed by atoms with Crippen LogP contribution < -0.4 is 10.6 Å². The molecule has 2 unspecified atom stereocenters. The SMILES string of the molecule is CNC(=O)C(NC(=O)c1nc(Cl)n2c1CN(C(=O)O)CCC2C(C)(C)C)C(C)(C)C. The highest BCUT2D eigenvalue weighted by Crippen LogP contribution is 2.39. The van der Waals surface area contributed by atoms with Crippen LogP contribution in [-0.4, -0.2) is 57.1 Å². The molecule has 0 aliphatic carbocycles. The van der Waals surface area contributed by atoms with E-state index in [4.69, 9.17) is 11.6 Å². The lowest BCUT2D eigenvalue weighted by atomic mass is 9.84. The van der Waals surface area contributed by atoms with Crippen molar-refractivity contribution in [3.8, 4) is 0 Å². The van der Waals surface area contributed by atoms with E-state index in [-0.39, 0.29) is 34.9 Å². The number of carbonyl (C=O) groups is 3. The molecule has 2 rings (SSSR count). The number of fused-ring (bicyclic) bond motifs is 1. The molecule has 3 N–H and O–H groups in total. The van der Waals surface area contributed by atoms with Crippen LogP contribution in [0.5, 0.6) is 0 Å². The third-order valence-electron chi connectivity index (χ3n) is 5.43. The maximum atomic E-state index is 13.2. The maximum Gasteiger partial charge on any atom is 0.407 e. The summed E-state index contributed by atoms with van der Waals surface area (Å²) in [7, 11) is 1.51. The van der Waals surface area contributed by atoms with Gasteiger partial charge in [0.2, 0.25) is 11.2 Å². The Balaban J connectivity index is 2.54. The summed E-state index contributed by atoms with van der Waals surface area (Å²) >= 11 is 6.45. The molecule has 3 amide bonds. The highest BCUT2D eigenvalue weighted by Gasteiger charge is 2.38. The minimum atomic E-state index is -1.07. The molecule has 9 nitrogen and oxygen atoms in total. The van der Waals surface area contributed by atoms with Gasteiger partial charge in [-0.05, 0) is 28.9 Å². The number of likely N-dealkylation sites (N-methyl/N-ethyl adjacent to an activating group) is 1. The summed E-state index contributed by atoms with van der Waals surface area (Å²) in [4.78, 5) is 42.7. The fourth-order valence-corrected chi connectivity index (χ4v) is 4.06. The number of hydrogen-bond donors (Lipinski definition) is 3. The molecule has 0 aromatic carbocycles. The number of amides is 3. The second-order valence-corrected chi connectivity index (χ2v) is 10.1. The Hall–Kier alpha value is -2.29. The van der Waals surface area contributed by atoms with Gasteiger partial charge in [-0.3, -0.25) is 9.59 Å². The van der Waals surface area contributed by atoms with Gasteiger partial charge in [-0.25, -0.2) is 9.78 Å². The summed E-state index contributed by atoms with van der Waals surface area (Å²) in [5, 5.41) is 15.0. The molecule has 2 atom stereocenters. The number of halogens is 1. The quantitative estimate of drug-likeness (QED) is 0.666. The Morgan fingerprint density at radius 1 is 1.20 bits per heavy atom. The summed E-state index contributed by atoms with van der Waals surface area (Å²) in [6.07, 6.45) is -0.527. The molecular weight excluding hydrogens is 410 g/mol. The van der Waals surface area contributed by atoms with E-state index >= 15 is 0 Å². The molecule has 0 bridgehead atoms. The van der Waals surface area contributed by atoms with E-state index in [1.807, 2.05) is 41.5 Å². The number of carbonyl (C=O) groups excluding carboxylic acids is 2. The van der Waals surface area contributed by atoms with Gasteiger partial charge in [0.05, 0.1) is 12.2 Å². The van der Waals surface area contributed by atoms with Crippen LogP contribution in [0.3, 0.4) is 0 Å². The van der Waals surface area contributed by atoms with Crippen molar-refractivity contribution >= 4 is 29.5 Å². The molecular formula is C20H32ClN5O4. The number of nitrogens with zero attached hydrogens (tertiary/aromatic N) is 3. The van der Waals surface area contributed by atoms with E-state index in [2.05, 4.69) is 15.6 Å². The van der Waals surface area contributed by atoms with Crippen LogP contribution in [0, 0.1) is 10.8 Å². The zero-order valence-corrected chi connectivity index (χ0v) is 19.4.